The average Bonchev–Trinajstić information content (AvgIpc) is 2.60. The van der Waals surface area contributed by atoms with Gasteiger partial charge in [-0.05, 0) is 41.7 Å². The third kappa shape index (κ3) is 2.69. The van der Waals surface area contributed by atoms with Crippen LogP contribution in [0.25, 0.3) is 0 Å². The van der Waals surface area contributed by atoms with E-state index in [1.54, 1.807) is 14.2 Å². The van der Waals surface area contributed by atoms with Crippen LogP contribution in [-0.2, 0) is 6.42 Å². The van der Waals surface area contributed by atoms with Gasteiger partial charge in [-0.2, -0.15) is 0 Å². The second-order valence-electron chi connectivity index (χ2n) is 5.73. The first-order valence-electron chi connectivity index (χ1n) is 7.82. The topological polar surface area (TPSA) is 30.5 Å². The molecule has 0 fully saturated rings. The summed E-state index contributed by atoms with van der Waals surface area (Å²) in [6.45, 7) is 2.23. The van der Waals surface area contributed by atoms with Gasteiger partial charge in [0.05, 0.1) is 20.3 Å². The summed E-state index contributed by atoms with van der Waals surface area (Å²) in [5, 5.41) is 3.77. The Morgan fingerprint density at radius 3 is 2.36 bits per heavy atom. The van der Waals surface area contributed by atoms with Crippen molar-refractivity contribution in [1.82, 2.24) is 5.32 Å². The predicted octanol–water partition coefficient (Wildman–Crippen LogP) is 3.72. The maximum absolute atomic E-state index is 5.49. The number of methoxy groups -OCH3 is 2. The van der Waals surface area contributed by atoms with Gasteiger partial charge in [0.15, 0.2) is 11.5 Å². The van der Waals surface area contributed by atoms with Gasteiger partial charge in [-0.25, -0.2) is 0 Å². The number of benzene rings is 2. The van der Waals surface area contributed by atoms with Crippen molar-refractivity contribution in [3.05, 3.63) is 59.2 Å². The number of fused-ring (bicyclic) bond motifs is 1. The van der Waals surface area contributed by atoms with Crippen LogP contribution in [0.15, 0.2) is 42.5 Å². The van der Waals surface area contributed by atoms with Crippen LogP contribution in [-0.4, -0.2) is 20.3 Å². The van der Waals surface area contributed by atoms with Gasteiger partial charge >= 0.3 is 0 Å². The Morgan fingerprint density at radius 1 is 1.05 bits per heavy atom. The van der Waals surface area contributed by atoms with E-state index in [9.17, 15) is 0 Å². The largest absolute Gasteiger partial charge is 0.493 e. The fraction of sp³-hybridized carbons (Fsp3) is 0.368. The standard InChI is InChI=1S/C19H23NO2/c1-4-15-10-14-11-17(21-2)18(22-3)12-16(14)19(20-15)13-8-6-5-7-9-13/h5-9,11-12,15,19-20H,4,10H2,1-3H3. The van der Waals surface area contributed by atoms with Crippen LogP contribution in [0.5, 0.6) is 11.5 Å². The average molecular weight is 297 g/mol. The Balaban J connectivity index is 2.10. The maximum atomic E-state index is 5.49. The molecule has 1 aliphatic heterocycles. The fourth-order valence-corrected chi connectivity index (χ4v) is 3.22. The molecule has 2 atom stereocenters. The van der Waals surface area contributed by atoms with Crippen LogP contribution in [0.2, 0.25) is 0 Å². The van der Waals surface area contributed by atoms with E-state index in [2.05, 4.69) is 54.7 Å². The second kappa shape index (κ2) is 6.41. The summed E-state index contributed by atoms with van der Waals surface area (Å²) in [4.78, 5) is 0. The van der Waals surface area contributed by atoms with E-state index in [0.29, 0.717) is 6.04 Å². The highest BCUT2D eigenvalue weighted by molar-refractivity contribution is 5.51. The highest BCUT2D eigenvalue weighted by Gasteiger charge is 2.28. The monoisotopic (exact) mass is 297 g/mol. The lowest BCUT2D eigenvalue weighted by atomic mass is 9.85. The molecule has 116 valence electrons. The number of ether oxygens (including phenoxy) is 2. The maximum Gasteiger partial charge on any atom is 0.161 e. The molecule has 1 aliphatic rings. The molecule has 0 radical (unpaired) electrons. The van der Waals surface area contributed by atoms with Crippen LogP contribution in [0.1, 0.15) is 36.1 Å². The smallest absolute Gasteiger partial charge is 0.161 e. The van der Waals surface area contributed by atoms with Crippen molar-refractivity contribution in [3.63, 3.8) is 0 Å². The van der Waals surface area contributed by atoms with E-state index in [0.717, 1.165) is 24.3 Å². The summed E-state index contributed by atoms with van der Waals surface area (Å²) in [5.41, 5.74) is 3.92. The molecule has 0 saturated heterocycles. The Hall–Kier alpha value is -2.00. The van der Waals surface area contributed by atoms with Crippen molar-refractivity contribution < 1.29 is 9.47 Å². The third-order valence-corrected chi connectivity index (χ3v) is 4.45. The van der Waals surface area contributed by atoms with Gasteiger partial charge in [-0.1, -0.05) is 37.3 Å². The molecular formula is C19H23NO2. The van der Waals surface area contributed by atoms with Gasteiger partial charge in [-0.15, -0.1) is 0 Å². The van der Waals surface area contributed by atoms with Gasteiger partial charge < -0.3 is 14.8 Å². The molecule has 0 aromatic heterocycles. The molecule has 0 saturated carbocycles. The van der Waals surface area contributed by atoms with Crippen LogP contribution < -0.4 is 14.8 Å². The highest BCUT2D eigenvalue weighted by Crippen LogP contribution is 2.38. The molecule has 22 heavy (non-hydrogen) atoms. The first-order chi connectivity index (χ1) is 10.8. The fourth-order valence-electron chi connectivity index (χ4n) is 3.22. The first kappa shape index (κ1) is 14.9. The molecule has 3 heteroatoms. The molecule has 0 aliphatic carbocycles. The molecule has 2 aromatic rings. The first-order valence-corrected chi connectivity index (χ1v) is 7.82. The van der Waals surface area contributed by atoms with Gasteiger partial charge in [0.2, 0.25) is 0 Å². The lowest BCUT2D eigenvalue weighted by Gasteiger charge is -2.34. The Kier molecular flexibility index (Phi) is 4.34. The summed E-state index contributed by atoms with van der Waals surface area (Å²) in [7, 11) is 3.38. The number of hydrogen-bond acceptors (Lipinski definition) is 3. The van der Waals surface area contributed by atoms with E-state index < -0.39 is 0 Å². The second-order valence-corrected chi connectivity index (χ2v) is 5.73. The molecule has 1 N–H and O–H groups in total. The summed E-state index contributed by atoms with van der Waals surface area (Å²) in [6.07, 6.45) is 2.13. The molecule has 0 bridgehead atoms. The SMILES string of the molecule is CCC1Cc2cc(OC)c(OC)cc2C(c2ccccc2)N1. The Morgan fingerprint density at radius 2 is 1.73 bits per heavy atom. The normalized spacial score (nSPS) is 20.3. The van der Waals surface area contributed by atoms with Crippen LogP contribution in [0.3, 0.4) is 0 Å². The minimum absolute atomic E-state index is 0.203. The van der Waals surface area contributed by atoms with Crippen LogP contribution in [0.4, 0.5) is 0 Å². The summed E-state index contributed by atoms with van der Waals surface area (Å²) in [6, 6.07) is 15.5. The van der Waals surface area contributed by atoms with Gasteiger partial charge in [-0.3, -0.25) is 0 Å². The predicted molar refractivity (Wildman–Crippen MR) is 88.7 cm³/mol. The van der Waals surface area contributed by atoms with E-state index in [1.807, 2.05) is 0 Å². The van der Waals surface area contributed by atoms with E-state index in [-0.39, 0.29) is 6.04 Å². The number of hydrogen-bond donors (Lipinski definition) is 1. The number of nitrogens with one attached hydrogen (secondary N) is 1. The summed E-state index contributed by atoms with van der Waals surface area (Å²) >= 11 is 0. The summed E-state index contributed by atoms with van der Waals surface area (Å²) < 4.78 is 11.0. The lowest BCUT2D eigenvalue weighted by Crippen LogP contribution is -2.39. The Bertz CT molecular complexity index is 639. The van der Waals surface area contributed by atoms with Crippen molar-refractivity contribution >= 4 is 0 Å². The van der Waals surface area contributed by atoms with Gasteiger partial charge in [0, 0.05) is 6.04 Å². The summed E-state index contributed by atoms with van der Waals surface area (Å²) in [5.74, 6) is 1.60. The number of rotatable bonds is 4. The van der Waals surface area contributed by atoms with E-state index in [1.165, 1.54) is 16.7 Å². The van der Waals surface area contributed by atoms with Crippen molar-refractivity contribution in [2.75, 3.05) is 14.2 Å². The van der Waals surface area contributed by atoms with Gasteiger partial charge in [0.1, 0.15) is 0 Å². The van der Waals surface area contributed by atoms with Crippen molar-refractivity contribution in [2.45, 2.75) is 31.8 Å². The molecular weight excluding hydrogens is 274 g/mol. The van der Waals surface area contributed by atoms with Gasteiger partial charge in [0.25, 0.3) is 0 Å². The van der Waals surface area contributed by atoms with Crippen LogP contribution >= 0.6 is 0 Å². The molecule has 3 nitrogen and oxygen atoms in total. The molecule has 1 heterocycles. The molecule has 2 unspecified atom stereocenters. The molecule has 0 amide bonds. The highest BCUT2D eigenvalue weighted by atomic mass is 16.5. The zero-order chi connectivity index (χ0) is 15.5. The van der Waals surface area contributed by atoms with E-state index >= 15 is 0 Å². The quantitative estimate of drug-likeness (QED) is 0.933. The minimum Gasteiger partial charge on any atom is -0.493 e. The third-order valence-electron chi connectivity index (χ3n) is 4.45. The van der Waals surface area contributed by atoms with Crippen molar-refractivity contribution in [3.8, 4) is 11.5 Å². The van der Waals surface area contributed by atoms with Crippen LogP contribution in [0, 0.1) is 0 Å². The lowest BCUT2D eigenvalue weighted by molar-refractivity contribution is 0.350. The minimum atomic E-state index is 0.203. The Labute approximate surface area is 132 Å². The van der Waals surface area contributed by atoms with E-state index in [4.69, 9.17) is 9.47 Å². The molecule has 2 aromatic carbocycles. The molecule has 0 spiro atoms. The zero-order valence-electron chi connectivity index (χ0n) is 13.4. The van der Waals surface area contributed by atoms with Crippen molar-refractivity contribution in [2.24, 2.45) is 0 Å². The van der Waals surface area contributed by atoms with Crippen molar-refractivity contribution in [1.29, 1.82) is 0 Å². The molecule has 3 rings (SSSR count). The zero-order valence-corrected chi connectivity index (χ0v) is 13.4.